The molecular formula is C19H26O5. The summed E-state index contributed by atoms with van der Waals surface area (Å²) in [6.07, 6.45) is 0.726. The Hall–Kier alpha value is -0.980. The molecule has 132 valence electrons. The Bertz CT molecular complexity index is 542. The predicted octanol–water partition coefficient (Wildman–Crippen LogP) is 1.71. The number of rotatable bonds is 4. The summed E-state index contributed by atoms with van der Waals surface area (Å²) >= 11 is 0. The van der Waals surface area contributed by atoms with Gasteiger partial charge < -0.3 is 24.4 Å². The molecule has 1 aromatic carbocycles. The second kappa shape index (κ2) is 6.73. The van der Waals surface area contributed by atoms with Crippen molar-refractivity contribution < 1.29 is 24.4 Å². The largest absolute Gasteiger partial charge is 0.390 e. The monoisotopic (exact) mass is 334 g/mol. The number of ether oxygens (including phenoxy) is 3. The van der Waals surface area contributed by atoms with Crippen LogP contribution in [0.25, 0.3) is 0 Å². The molecule has 2 saturated carbocycles. The second-order valence-electron chi connectivity index (χ2n) is 7.35. The summed E-state index contributed by atoms with van der Waals surface area (Å²) in [5.41, 5.74) is 1.15. The van der Waals surface area contributed by atoms with Gasteiger partial charge in [-0.3, -0.25) is 0 Å². The summed E-state index contributed by atoms with van der Waals surface area (Å²) in [5, 5.41) is 20.1. The van der Waals surface area contributed by atoms with Crippen LogP contribution in [0.3, 0.4) is 0 Å². The maximum atomic E-state index is 10.1. The zero-order valence-electron chi connectivity index (χ0n) is 13.8. The van der Waals surface area contributed by atoms with E-state index in [-0.39, 0.29) is 11.8 Å². The second-order valence-corrected chi connectivity index (χ2v) is 7.35. The van der Waals surface area contributed by atoms with Crippen LogP contribution in [0.15, 0.2) is 30.3 Å². The first-order valence-corrected chi connectivity index (χ1v) is 8.94. The molecule has 5 nitrogen and oxygen atoms in total. The summed E-state index contributed by atoms with van der Waals surface area (Å²) in [4.78, 5) is 0. The van der Waals surface area contributed by atoms with Gasteiger partial charge in [0.05, 0.1) is 38.6 Å². The highest BCUT2D eigenvalue weighted by molar-refractivity contribution is 5.13. The van der Waals surface area contributed by atoms with Crippen LogP contribution in [-0.4, -0.2) is 48.0 Å². The third kappa shape index (κ3) is 3.00. The molecule has 5 heteroatoms. The minimum atomic E-state index is -0.653. The molecule has 24 heavy (non-hydrogen) atoms. The van der Waals surface area contributed by atoms with Crippen molar-refractivity contribution in [2.24, 2.45) is 17.8 Å². The Morgan fingerprint density at radius 3 is 2.50 bits per heavy atom. The van der Waals surface area contributed by atoms with Crippen molar-refractivity contribution in [3.8, 4) is 0 Å². The van der Waals surface area contributed by atoms with Gasteiger partial charge in [-0.1, -0.05) is 30.3 Å². The van der Waals surface area contributed by atoms with Gasteiger partial charge in [-0.05, 0) is 30.2 Å². The molecule has 1 heterocycles. The van der Waals surface area contributed by atoms with Gasteiger partial charge in [0.2, 0.25) is 0 Å². The first-order valence-electron chi connectivity index (χ1n) is 8.94. The Morgan fingerprint density at radius 2 is 1.75 bits per heavy atom. The van der Waals surface area contributed by atoms with Crippen LogP contribution in [0.4, 0.5) is 0 Å². The van der Waals surface area contributed by atoms with Crippen LogP contribution in [0, 0.1) is 17.8 Å². The van der Waals surface area contributed by atoms with Crippen LogP contribution >= 0.6 is 0 Å². The molecule has 1 aliphatic heterocycles. The lowest BCUT2D eigenvalue weighted by Gasteiger charge is -2.36. The van der Waals surface area contributed by atoms with E-state index in [0.717, 1.165) is 12.0 Å². The molecule has 1 spiro atoms. The fraction of sp³-hybridized carbons (Fsp3) is 0.684. The van der Waals surface area contributed by atoms with Gasteiger partial charge in [-0.15, -0.1) is 0 Å². The molecule has 1 aromatic rings. The highest BCUT2D eigenvalue weighted by atomic mass is 16.7. The molecule has 0 unspecified atom stereocenters. The highest BCUT2D eigenvalue weighted by Gasteiger charge is 2.59. The van der Waals surface area contributed by atoms with Crippen LogP contribution in [0.2, 0.25) is 0 Å². The Morgan fingerprint density at radius 1 is 1.04 bits per heavy atom. The summed E-state index contributed by atoms with van der Waals surface area (Å²) in [7, 11) is 0. The van der Waals surface area contributed by atoms with E-state index in [1.807, 2.05) is 18.2 Å². The van der Waals surface area contributed by atoms with Crippen molar-refractivity contribution in [2.75, 3.05) is 19.8 Å². The van der Waals surface area contributed by atoms with Crippen molar-refractivity contribution in [1.82, 2.24) is 0 Å². The van der Waals surface area contributed by atoms with Gasteiger partial charge in [0, 0.05) is 12.3 Å². The number of aliphatic hydroxyl groups is 2. The lowest BCUT2D eigenvalue weighted by Crippen LogP contribution is -2.42. The average molecular weight is 334 g/mol. The van der Waals surface area contributed by atoms with Crippen molar-refractivity contribution in [3.63, 3.8) is 0 Å². The van der Waals surface area contributed by atoms with E-state index in [1.54, 1.807) is 0 Å². The molecule has 0 radical (unpaired) electrons. The topological polar surface area (TPSA) is 68.2 Å². The zero-order valence-corrected chi connectivity index (χ0v) is 13.8. The molecule has 0 bridgehead atoms. The molecule has 3 fully saturated rings. The van der Waals surface area contributed by atoms with E-state index in [2.05, 4.69) is 12.1 Å². The zero-order chi connectivity index (χ0) is 16.6. The van der Waals surface area contributed by atoms with E-state index < -0.39 is 18.0 Å². The predicted molar refractivity (Wildman–Crippen MR) is 87.1 cm³/mol. The lowest BCUT2D eigenvalue weighted by molar-refractivity contribution is -0.199. The molecule has 4 rings (SSSR count). The number of hydrogen-bond acceptors (Lipinski definition) is 5. The van der Waals surface area contributed by atoms with Crippen LogP contribution in [0.5, 0.6) is 0 Å². The van der Waals surface area contributed by atoms with Crippen molar-refractivity contribution in [1.29, 1.82) is 0 Å². The minimum Gasteiger partial charge on any atom is -0.390 e. The van der Waals surface area contributed by atoms with E-state index in [4.69, 9.17) is 14.2 Å². The van der Waals surface area contributed by atoms with Gasteiger partial charge in [-0.2, -0.15) is 0 Å². The maximum absolute atomic E-state index is 10.1. The van der Waals surface area contributed by atoms with E-state index in [0.29, 0.717) is 45.2 Å². The van der Waals surface area contributed by atoms with Crippen molar-refractivity contribution in [2.45, 2.75) is 43.9 Å². The number of fused-ring (bicyclic) bond motifs is 1. The summed E-state index contributed by atoms with van der Waals surface area (Å²) in [5.74, 6) is 0.121. The van der Waals surface area contributed by atoms with Gasteiger partial charge in [0.1, 0.15) is 0 Å². The number of hydrogen-bond donors (Lipinski definition) is 2. The molecule has 5 atom stereocenters. The standard InChI is InChI=1S/C19H26O5/c20-17-8-14-10-19(23-6-7-24-19)16(15(14)9-18(17)21)12-22-11-13-4-2-1-3-5-13/h1-5,14-18,20-21H,6-12H2/t14-,15+,16-,17-,18-/m0/s1. The number of aliphatic hydroxyl groups excluding tert-OH is 2. The van der Waals surface area contributed by atoms with E-state index in [9.17, 15) is 10.2 Å². The normalized spacial score (nSPS) is 37.7. The van der Waals surface area contributed by atoms with Crippen molar-refractivity contribution >= 4 is 0 Å². The fourth-order valence-electron chi connectivity index (χ4n) is 4.77. The van der Waals surface area contributed by atoms with E-state index in [1.165, 1.54) is 0 Å². The quantitative estimate of drug-likeness (QED) is 0.877. The Labute approximate surface area is 142 Å². The summed E-state index contributed by atoms with van der Waals surface area (Å²) in [6.45, 7) is 2.34. The summed E-state index contributed by atoms with van der Waals surface area (Å²) < 4.78 is 18.0. The van der Waals surface area contributed by atoms with Gasteiger partial charge in [-0.25, -0.2) is 0 Å². The third-order valence-corrected chi connectivity index (χ3v) is 5.92. The smallest absolute Gasteiger partial charge is 0.174 e. The SMILES string of the molecule is O[C@H]1C[C@H]2CC3(OCCO3)[C@@H](COCc3ccccc3)[C@@H]2C[C@@H]1O. The van der Waals surface area contributed by atoms with Crippen LogP contribution in [-0.2, 0) is 20.8 Å². The van der Waals surface area contributed by atoms with Crippen molar-refractivity contribution in [3.05, 3.63) is 35.9 Å². The Balaban J connectivity index is 1.45. The molecule has 3 aliphatic rings. The highest BCUT2D eigenvalue weighted by Crippen LogP contribution is 2.54. The van der Waals surface area contributed by atoms with E-state index >= 15 is 0 Å². The maximum Gasteiger partial charge on any atom is 0.174 e. The van der Waals surface area contributed by atoms with Crippen LogP contribution < -0.4 is 0 Å². The molecule has 0 aromatic heterocycles. The lowest BCUT2D eigenvalue weighted by atomic mass is 9.75. The minimum absolute atomic E-state index is 0.107. The van der Waals surface area contributed by atoms with Crippen LogP contribution in [0.1, 0.15) is 24.8 Å². The third-order valence-electron chi connectivity index (χ3n) is 5.92. The van der Waals surface area contributed by atoms with Gasteiger partial charge in [0.25, 0.3) is 0 Å². The van der Waals surface area contributed by atoms with Gasteiger partial charge >= 0.3 is 0 Å². The molecule has 2 N–H and O–H groups in total. The average Bonchev–Trinajstić information content (AvgIpc) is 3.16. The Kier molecular flexibility index (Phi) is 4.62. The molecular weight excluding hydrogens is 308 g/mol. The first kappa shape index (κ1) is 16.5. The molecule has 0 amide bonds. The molecule has 2 aliphatic carbocycles. The molecule has 1 saturated heterocycles. The number of benzene rings is 1. The first-order chi connectivity index (χ1) is 11.7. The summed E-state index contributed by atoms with van der Waals surface area (Å²) in [6, 6.07) is 10.1. The fourth-order valence-corrected chi connectivity index (χ4v) is 4.77. The van der Waals surface area contributed by atoms with Gasteiger partial charge in [0.15, 0.2) is 5.79 Å².